The van der Waals surface area contributed by atoms with E-state index in [4.69, 9.17) is 0 Å². The summed E-state index contributed by atoms with van der Waals surface area (Å²) >= 11 is 0. The van der Waals surface area contributed by atoms with Crippen molar-refractivity contribution >= 4 is 17.3 Å². The Balaban J connectivity index is 1.73. The Morgan fingerprint density at radius 1 is 1.11 bits per heavy atom. The zero-order valence-electron chi connectivity index (χ0n) is 16.5. The van der Waals surface area contributed by atoms with Crippen LogP contribution in [-0.2, 0) is 5.41 Å². The van der Waals surface area contributed by atoms with Crippen molar-refractivity contribution in [2.45, 2.75) is 39.5 Å². The Hall–Kier alpha value is -2.62. The molecule has 142 valence electrons. The summed E-state index contributed by atoms with van der Waals surface area (Å²) in [5.41, 5.74) is 5.23. The Bertz CT molecular complexity index is 863. The standard InChI is InChI=1S/C23H27FN2O/c1-16-6-5-7-20(23(2,3)4)21(16)25-22(27)26-14-12-18(13-15-26)17-8-10-19(24)11-9-17/h5-12H,13-15H2,1-4H3,(H,25,27). The van der Waals surface area contributed by atoms with Crippen LogP contribution in [0.3, 0.4) is 0 Å². The van der Waals surface area contributed by atoms with Gasteiger partial charge in [0.2, 0.25) is 0 Å². The maximum atomic E-state index is 13.1. The van der Waals surface area contributed by atoms with Crippen molar-refractivity contribution in [2.75, 3.05) is 18.4 Å². The van der Waals surface area contributed by atoms with E-state index in [1.54, 1.807) is 12.1 Å². The molecule has 2 aromatic rings. The fourth-order valence-corrected chi connectivity index (χ4v) is 3.42. The third-order valence-electron chi connectivity index (χ3n) is 5.02. The van der Waals surface area contributed by atoms with Crippen LogP contribution in [-0.4, -0.2) is 24.0 Å². The molecule has 0 fully saturated rings. The largest absolute Gasteiger partial charge is 0.322 e. The van der Waals surface area contributed by atoms with Crippen molar-refractivity contribution in [1.29, 1.82) is 0 Å². The van der Waals surface area contributed by atoms with Gasteiger partial charge in [0, 0.05) is 18.8 Å². The summed E-state index contributed by atoms with van der Waals surface area (Å²) in [6.07, 6.45) is 2.82. The average Bonchev–Trinajstić information content (AvgIpc) is 2.63. The number of carbonyl (C=O) groups excluding carboxylic acids is 1. The average molecular weight is 366 g/mol. The van der Waals surface area contributed by atoms with Crippen molar-refractivity contribution < 1.29 is 9.18 Å². The number of hydrogen-bond donors (Lipinski definition) is 1. The lowest BCUT2D eigenvalue weighted by Crippen LogP contribution is -2.38. The molecule has 2 amide bonds. The van der Waals surface area contributed by atoms with Crippen LogP contribution in [0.15, 0.2) is 48.5 Å². The Morgan fingerprint density at radius 2 is 1.81 bits per heavy atom. The van der Waals surface area contributed by atoms with E-state index in [9.17, 15) is 9.18 Å². The molecule has 0 spiro atoms. The molecule has 3 nitrogen and oxygen atoms in total. The highest BCUT2D eigenvalue weighted by atomic mass is 19.1. The number of amides is 2. The summed E-state index contributed by atoms with van der Waals surface area (Å²) in [7, 11) is 0. The fourth-order valence-electron chi connectivity index (χ4n) is 3.42. The summed E-state index contributed by atoms with van der Waals surface area (Å²) in [5.74, 6) is -0.232. The van der Waals surface area contributed by atoms with Crippen LogP contribution >= 0.6 is 0 Å². The van der Waals surface area contributed by atoms with Gasteiger partial charge in [0.15, 0.2) is 0 Å². The molecular weight excluding hydrogens is 339 g/mol. The number of urea groups is 1. The Kier molecular flexibility index (Phi) is 5.36. The number of nitrogens with zero attached hydrogens (tertiary/aromatic N) is 1. The summed E-state index contributed by atoms with van der Waals surface area (Å²) in [6.45, 7) is 9.66. The highest BCUT2D eigenvalue weighted by Gasteiger charge is 2.23. The third-order valence-corrected chi connectivity index (χ3v) is 5.02. The number of para-hydroxylation sites is 1. The highest BCUT2D eigenvalue weighted by Crippen LogP contribution is 2.32. The molecule has 0 unspecified atom stereocenters. The molecule has 0 atom stereocenters. The monoisotopic (exact) mass is 366 g/mol. The second-order valence-corrected chi connectivity index (χ2v) is 8.11. The van der Waals surface area contributed by atoms with Crippen molar-refractivity contribution in [3.63, 3.8) is 0 Å². The van der Waals surface area contributed by atoms with Crippen LogP contribution in [0, 0.1) is 12.7 Å². The number of anilines is 1. The molecule has 27 heavy (non-hydrogen) atoms. The van der Waals surface area contributed by atoms with Crippen molar-refractivity contribution in [1.82, 2.24) is 4.90 Å². The van der Waals surface area contributed by atoms with Crippen LogP contribution in [0.1, 0.15) is 43.9 Å². The number of halogens is 1. The highest BCUT2D eigenvalue weighted by molar-refractivity contribution is 5.92. The Morgan fingerprint density at radius 3 is 2.41 bits per heavy atom. The van der Waals surface area contributed by atoms with Gasteiger partial charge in [-0.15, -0.1) is 0 Å². The summed E-state index contributed by atoms with van der Waals surface area (Å²) in [6, 6.07) is 12.6. The predicted octanol–water partition coefficient (Wildman–Crippen LogP) is 5.75. The quantitative estimate of drug-likeness (QED) is 0.721. The minimum atomic E-state index is -0.232. The first kappa shape index (κ1) is 19.2. The topological polar surface area (TPSA) is 32.3 Å². The molecule has 0 aliphatic carbocycles. The van der Waals surface area contributed by atoms with E-state index in [0.29, 0.717) is 13.1 Å². The summed E-state index contributed by atoms with van der Waals surface area (Å²) in [4.78, 5) is 14.6. The number of rotatable bonds is 2. The van der Waals surface area contributed by atoms with E-state index in [2.05, 4.69) is 38.2 Å². The summed E-state index contributed by atoms with van der Waals surface area (Å²) in [5, 5.41) is 3.13. The lowest BCUT2D eigenvalue weighted by atomic mass is 9.84. The van der Waals surface area contributed by atoms with Gasteiger partial charge in [0.1, 0.15) is 5.82 Å². The SMILES string of the molecule is Cc1cccc(C(C)(C)C)c1NC(=O)N1CC=C(c2ccc(F)cc2)CC1. The van der Waals surface area contributed by atoms with Gasteiger partial charge >= 0.3 is 6.03 Å². The predicted molar refractivity (Wildman–Crippen MR) is 109 cm³/mol. The fraction of sp³-hybridized carbons (Fsp3) is 0.348. The lowest BCUT2D eigenvalue weighted by Gasteiger charge is -2.29. The van der Waals surface area contributed by atoms with E-state index in [1.165, 1.54) is 12.1 Å². The molecule has 0 bridgehead atoms. The molecule has 3 rings (SSSR count). The molecule has 2 aromatic carbocycles. The van der Waals surface area contributed by atoms with E-state index in [1.807, 2.05) is 24.0 Å². The molecule has 1 N–H and O–H groups in total. The van der Waals surface area contributed by atoms with Gasteiger partial charge in [-0.1, -0.05) is 57.2 Å². The van der Waals surface area contributed by atoms with Crippen molar-refractivity contribution in [2.24, 2.45) is 0 Å². The first-order valence-corrected chi connectivity index (χ1v) is 9.37. The number of benzene rings is 2. The molecule has 0 saturated heterocycles. The van der Waals surface area contributed by atoms with Gasteiger partial charge in [-0.25, -0.2) is 9.18 Å². The zero-order valence-corrected chi connectivity index (χ0v) is 16.5. The van der Waals surface area contributed by atoms with Gasteiger partial charge in [-0.2, -0.15) is 0 Å². The van der Waals surface area contributed by atoms with Crippen molar-refractivity contribution in [3.8, 4) is 0 Å². The second-order valence-electron chi connectivity index (χ2n) is 8.11. The van der Waals surface area contributed by atoms with Gasteiger partial charge < -0.3 is 10.2 Å². The molecule has 1 heterocycles. The van der Waals surface area contributed by atoms with Crippen molar-refractivity contribution in [3.05, 3.63) is 71.0 Å². The molecule has 1 aliphatic rings. The number of nitrogens with one attached hydrogen (secondary N) is 1. The molecule has 0 saturated carbocycles. The number of aryl methyl sites for hydroxylation is 1. The van der Waals surface area contributed by atoms with Gasteiger partial charge in [0.05, 0.1) is 0 Å². The second kappa shape index (κ2) is 7.55. The van der Waals surface area contributed by atoms with Gasteiger partial charge in [-0.05, 0) is 53.2 Å². The van der Waals surface area contributed by atoms with Crippen LogP contribution in [0.5, 0.6) is 0 Å². The van der Waals surface area contributed by atoms with Crippen LogP contribution < -0.4 is 5.32 Å². The number of hydrogen-bond acceptors (Lipinski definition) is 1. The van der Waals surface area contributed by atoms with E-state index < -0.39 is 0 Å². The van der Waals surface area contributed by atoms with E-state index in [0.717, 1.165) is 34.4 Å². The maximum absolute atomic E-state index is 13.1. The maximum Gasteiger partial charge on any atom is 0.322 e. The van der Waals surface area contributed by atoms with Crippen LogP contribution in [0.2, 0.25) is 0 Å². The molecule has 4 heteroatoms. The molecular formula is C23H27FN2O. The van der Waals surface area contributed by atoms with E-state index in [-0.39, 0.29) is 17.3 Å². The van der Waals surface area contributed by atoms with Crippen LogP contribution in [0.25, 0.3) is 5.57 Å². The normalized spacial score (nSPS) is 14.7. The minimum absolute atomic E-state index is 0.0494. The number of carbonyl (C=O) groups is 1. The van der Waals surface area contributed by atoms with Gasteiger partial charge in [0.25, 0.3) is 0 Å². The molecule has 0 radical (unpaired) electrons. The first-order chi connectivity index (χ1) is 12.8. The summed E-state index contributed by atoms with van der Waals surface area (Å²) < 4.78 is 13.1. The first-order valence-electron chi connectivity index (χ1n) is 9.37. The van der Waals surface area contributed by atoms with Gasteiger partial charge in [-0.3, -0.25) is 0 Å². The lowest BCUT2D eigenvalue weighted by molar-refractivity contribution is 0.217. The zero-order chi connectivity index (χ0) is 19.6. The minimum Gasteiger partial charge on any atom is -0.320 e. The smallest absolute Gasteiger partial charge is 0.320 e. The Labute approximate surface area is 160 Å². The van der Waals surface area contributed by atoms with E-state index >= 15 is 0 Å². The molecule has 1 aliphatic heterocycles. The third kappa shape index (κ3) is 4.38. The molecule has 0 aromatic heterocycles. The van der Waals surface area contributed by atoms with Crippen LogP contribution in [0.4, 0.5) is 14.9 Å².